The zero-order chi connectivity index (χ0) is 9.68. The summed E-state index contributed by atoms with van der Waals surface area (Å²) in [5.41, 5.74) is 1.12. The molecule has 0 heterocycles. The summed E-state index contributed by atoms with van der Waals surface area (Å²) in [6, 6.07) is 7.20. The molecule has 1 aromatic rings. The van der Waals surface area contributed by atoms with Gasteiger partial charge in [-0.1, -0.05) is 17.7 Å². The number of benzene rings is 1. The first-order chi connectivity index (χ1) is 6.22. The van der Waals surface area contributed by atoms with Crippen molar-refractivity contribution in [1.82, 2.24) is 0 Å². The maximum absolute atomic E-state index is 10.9. The Hall–Kier alpha value is -1.51. The number of carbonyl (C=O) groups is 1. The lowest BCUT2D eigenvalue weighted by molar-refractivity contribution is 0.104. The normalized spacial score (nSPS) is 9.38. The second-order valence-corrected chi connectivity index (χ2v) is 2.60. The lowest BCUT2D eigenvalue weighted by Gasteiger charge is -2.03. The molecule has 0 saturated heterocycles. The first kappa shape index (κ1) is 9.58. The molecule has 0 aliphatic carbocycles. The molecule has 0 N–H and O–H groups in total. The number of hydrogen-bond acceptors (Lipinski definition) is 3. The molecule has 3 nitrogen and oxygen atoms in total. The van der Waals surface area contributed by atoms with Crippen LogP contribution in [0.4, 0.5) is 4.79 Å². The topological polar surface area (TPSA) is 35.5 Å². The Balaban J connectivity index is 2.54. The van der Waals surface area contributed by atoms with Crippen molar-refractivity contribution in [3.8, 4) is 5.75 Å². The molecule has 0 fully saturated rings. The van der Waals surface area contributed by atoms with Gasteiger partial charge in [0.15, 0.2) is 0 Å². The quantitative estimate of drug-likeness (QED) is 0.518. The summed E-state index contributed by atoms with van der Waals surface area (Å²) in [7, 11) is 0. The van der Waals surface area contributed by atoms with Crippen molar-refractivity contribution in [2.45, 2.75) is 13.8 Å². The minimum atomic E-state index is -0.661. The molecule has 0 atom stereocenters. The summed E-state index contributed by atoms with van der Waals surface area (Å²) in [6.45, 7) is 4.02. The van der Waals surface area contributed by atoms with E-state index in [1.165, 1.54) is 0 Å². The summed E-state index contributed by atoms with van der Waals surface area (Å²) in [5, 5.41) is 0. The van der Waals surface area contributed by atoms with E-state index in [2.05, 4.69) is 4.74 Å². The van der Waals surface area contributed by atoms with Gasteiger partial charge < -0.3 is 9.47 Å². The summed E-state index contributed by atoms with van der Waals surface area (Å²) in [4.78, 5) is 10.9. The zero-order valence-corrected chi connectivity index (χ0v) is 7.74. The van der Waals surface area contributed by atoms with Crippen molar-refractivity contribution in [2.75, 3.05) is 6.61 Å². The molecule has 0 aromatic heterocycles. The SMILES string of the molecule is CCOC(=O)Oc1ccc(C)cc1. The largest absolute Gasteiger partial charge is 0.513 e. The molecule has 0 amide bonds. The number of ether oxygens (including phenoxy) is 2. The van der Waals surface area contributed by atoms with E-state index in [1.807, 2.05) is 19.1 Å². The summed E-state index contributed by atoms with van der Waals surface area (Å²) >= 11 is 0. The van der Waals surface area contributed by atoms with Gasteiger partial charge in [-0.25, -0.2) is 4.79 Å². The van der Waals surface area contributed by atoms with Crippen LogP contribution >= 0.6 is 0 Å². The Labute approximate surface area is 77.3 Å². The zero-order valence-electron chi connectivity index (χ0n) is 7.74. The van der Waals surface area contributed by atoms with Crippen LogP contribution in [0.15, 0.2) is 24.3 Å². The Kier molecular flexibility index (Phi) is 3.31. The molecule has 1 aromatic carbocycles. The Bertz CT molecular complexity index is 277. The van der Waals surface area contributed by atoms with E-state index in [1.54, 1.807) is 19.1 Å². The highest BCUT2D eigenvalue weighted by Crippen LogP contribution is 2.11. The fraction of sp³-hybridized carbons (Fsp3) is 0.300. The van der Waals surface area contributed by atoms with Crippen LogP contribution in [0.25, 0.3) is 0 Å². The molecule has 0 unspecified atom stereocenters. The van der Waals surface area contributed by atoms with Gasteiger partial charge in [-0.2, -0.15) is 0 Å². The smallest absolute Gasteiger partial charge is 0.434 e. The molecule has 0 saturated carbocycles. The van der Waals surface area contributed by atoms with Gasteiger partial charge in [0.1, 0.15) is 5.75 Å². The van der Waals surface area contributed by atoms with Crippen LogP contribution in [-0.2, 0) is 4.74 Å². The van der Waals surface area contributed by atoms with Gasteiger partial charge in [-0.3, -0.25) is 0 Å². The molecule has 0 radical (unpaired) electrons. The summed E-state index contributed by atoms with van der Waals surface area (Å²) < 4.78 is 9.46. The van der Waals surface area contributed by atoms with Crippen molar-refractivity contribution >= 4 is 6.16 Å². The van der Waals surface area contributed by atoms with E-state index in [0.717, 1.165) is 5.56 Å². The number of carbonyl (C=O) groups excluding carboxylic acids is 1. The molecule has 0 aliphatic heterocycles. The number of hydrogen-bond donors (Lipinski definition) is 0. The Morgan fingerprint density at radius 3 is 2.46 bits per heavy atom. The van der Waals surface area contributed by atoms with Crippen LogP contribution in [0.2, 0.25) is 0 Å². The first-order valence-electron chi connectivity index (χ1n) is 4.13. The van der Waals surface area contributed by atoms with Crippen LogP contribution < -0.4 is 4.74 Å². The first-order valence-corrected chi connectivity index (χ1v) is 4.13. The molecule has 1 rings (SSSR count). The van der Waals surface area contributed by atoms with E-state index in [0.29, 0.717) is 12.4 Å². The maximum Gasteiger partial charge on any atom is 0.513 e. The van der Waals surface area contributed by atoms with Gasteiger partial charge >= 0.3 is 6.16 Å². The fourth-order valence-corrected chi connectivity index (χ4v) is 0.850. The second-order valence-electron chi connectivity index (χ2n) is 2.60. The third-order valence-electron chi connectivity index (χ3n) is 1.48. The third-order valence-corrected chi connectivity index (χ3v) is 1.48. The summed E-state index contributed by atoms with van der Waals surface area (Å²) in [6.07, 6.45) is -0.661. The van der Waals surface area contributed by atoms with E-state index in [4.69, 9.17) is 4.74 Å². The second kappa shape index (κ2) is 4.50. The highest BCUT2D eigenvalue weighted by Gasteiger charge is 2.03. The van der Waals surface area contributed by atoms with E-state index >= 15 is 0 Å². The minimum Gasteiger partial charge on any atom is -0.434 e. The molecular formula is C10H12O3. The molecule has 3 heteroatoms. The van der Waals surface area contributed by atoms with E-state index in [9.17, 15) is 4.79 Å². The van der Waals surface area contributed by atoms with Gasteiger partial charge in [0, 0.05) is 0 Å². The molecule has 0 bridgehead atoms. The van der Waals surface area contributed by atoms with Gasteiger partial charge in [0.05, 0.1) is 6.61 Å². The van der Waals surface area contributed by atoms with Crippen LogP contribution in [0.5, 0.6) is 5.75 Å². The average Bonchev–Trinajstić information content (AvgIpc) is 2.09. The highest BCUT2D eigenvalue weighted by atomic mass is 16.7. The predicted octanol–water partition coefficient (Wildman–Crippen LogP) is 2.53. The minimum absolute atomic E-state index is 0.324. The Morgan fingerprint density at radius 1 is 1.31 bits per heavy atom. The highest BCUT2D eigenvalue weighted by molar-refractivity contribution is 5.63. The predicted molar refractivity (Wildman–Crippen MR) is 48.8 cm³/mol. The van der Waals surface area contributed by atoms with Crippen molar-refractivity contribution in [1.29, 1.82) is 0 Å². The van der Waals surface area contributed by atoms with Crippen molar-refractivity contribution in [3.05, 3.63) is 29.8 Å². The Morgan fingerprint density at radius 2 is 1.92 bits per heavy atom. The molecule has 0 spiro atoms. The fourth-order valence-electron chi connectivity index (χ4n) is 0.850. The van der Waals surface area contributed by atoms with Crippen molar-refractivity contribution in [2.24, 2.45) is 0 Å². The van der Waals surface area contributed by atoms with E-state index < -0.39 is 6.16 Å². The van der Waals surface area contributed by atoms with Gasteiger partial charge in [0.25, 0.3) is 0 Å². The lowest BCUT2D eigenvalue weighted by atomic mass is 10.2. The van der Waals surface area contributed by atoms with Crippen LogP contribution in [-0.4, -0.2) is 12.8 Å². The maximum atomic E-state index is 10.9. The average molecular weight is 180 g/mol. The van der Waals surface area contributed by atoms with E-state index in [-0.39, 0.29) is 0 Å². The monoisotopic (exact) mass is 180 g/mol. The van der Waals surface area contributed by atoms with Crippen LogP contribution in [0.3, 0.4) is 0 Å². The lowest BCUT2D eigenvalue weighted by Crippen LogP contribution is -2.09. The number of rotatable bonds is 2. The molecule has 13 heavy (non-hydrogen) atoms. The summed E-state index contributed by atoms with van der Waals surface area (Å²) in [5.74, 6) is 0.504. The molecule has 70 valence electrons. The number of aryl methyl sites for hydroxylation is 1. The standard InChI is InChI=1S/C10H12O3/c1-3-12-10(11)13-9-6-4-8(2)5-7-9/h4-7H,3H2,1-2H3. The van der Waals surface area contributed by atoms with Gasteiger partial charge in [-0.05, 0) is 26.0 Å². The molecule has 0 aliphatic rings. The van der Waals surface area contributed by atoms with Crippen molar-refractivity contribution in [3.63, 3.8) is 0 Å². The van der Waals surface area contributed by atoms with Gasteiger partial charge in [0.2, 0.25) is 0 Å². The van der Waals surface area contributed by atoms with Crippen LogP contribution in [0.1, 0.15) is 12.5 Å². The third kappa shape index (κ3) is 3.15. The van der Waals surface area contributed by atoms with Crippen molar-refractivity contribution < 1.29 is 14.3 Å². The van der Waals surface area contributed by atoms with Gasteiger partial charge in [-0.15, -0.1) is 0 Å². The van der Waals surface area contributed by atoms with Crippen LogP contribution in [0, 0.1) is 6.92 Å². The molecular weight excluding hydrogens is 168 g/mol.